The molecule has 2 heteroatoms. The highest BCUT2D eigenvalue weighted by atomic mass is 16.3. The highest BCUT2D eigenvalue weighted by Gasteiger charge is 2.35. The molecule has 2 heterocycles. The molecule has 2 nitrogen and oxygen atoms in total. The second-order valence-corrected chi connectivity index (χ2v) is 13.4. The van der Waals surface area contributed by atoms with Gasteiger partial charge in [-0.2, -0.15) is 0 Å². The molecule has 0 amide bonds. The quantitative estimate of drug-likeness (QED) is 0.197. The second kappa shape index (κ2) is 9.57. The maximum absolute atomic E-state index is 6.17. The molecule has 0 aliphatic heterocycles. The molecule has 2 aromatic heterocycles. The summed E-state index contributed by atoms with van der Waals surface area (Å²) >= 11 is 0. The topological polar surface area (TPSA) is 18.1 Å². The van der Waals surface area contributed by atoms with Gasteiger partial charge in [0.2, 0.25) is 0 Å². The van der Waals surface area contributed by atoms with Crippen molar-refractivity contribution in [2.75, 3.05) is 0 Å². The predicted octanol–water partition coefficient (Wildman–Crippen LogP) is 12.3. The molecule has 1 aliphatic rings. The van der Waals surface area contributed by atoms with Gasteiger partial charge >= 0.3 is 0 Å². The molecule has 10 rings (SSSR count). The largest absolute Gasteiger partial charge is 0.456 e. The molecule has 0 fully saturated rings. The van der Waals surface area contributed by atoms with Crippen LogP contribution in [0.2, 0.25) is 0 Å². The molecule has 0 atom stereocenters. The number of benzene rings is 7. The Kier molecular flexibility index (Phi) is 5.37. The Hall–Kier alpha value is -5.86. The Bertz CT molecular complexity index is 2720. The highest BCUT2D eigenvalue weighted by molar-refractivity contribution is 6.11. The van der Waals surface area contributed by atoms with Gasteiger partial charge in [0.1, 0.15) is 11.2 Å². The number of hydrogen-bond donors (Lipinski definition) is 0. The number of fused-ring (bicyclic) bond motifs is 9. The third-order valence-corrected chi connectivity index (χ3v) is 10.4. The maximum atomic E-state index is 6.17. The van der Waals surface area contributed by atoms with E-state index in [2.05, 4.69) is 158 Å². The van der Waals surface area contributed by atoms with Crippen molar-refractivity contribution in [3.05, 3.63) is 163 Å². The van der Waals surface area contributed by atoms with Crippen LogP contribution in [0, 0.1) is 0 Å². The number of rotatable bonds is 3. The van der Waals surface area contributed by atoms with E-state index in [4.69, 9.17) is 4.42 Å². The summed E-state index contributed by atoms with van der Waals surface area (Å²) in [5.74, 6) is 0. The minimum absolute atomic E-state index is 0.0241. The van der Waals surface area contributed by atoms with Crippen molar-refractivity contribution in [2.45, 2.75) is 19.3 Å². The van der Waals surface area contributed by atoms with Crippen molar-refractivity contribution in [3.63, 3.8) is 0 Å². The third-order valence-electron chi connectivity index (χ3n) is 10.4. The molecule has 0 radical (unpaired) electrons. The van der Waals surface area contributed by atoms with Crippen LogP contribution < -0.4 is 0 Å². The minimum atomic E-state index is -0.0241. The molecule has 0 saturated carbocycles. The Morgan fingerprint density at radius 3 is 1.98 bits per heavy atom. The van der Waals surface area contributed by atoms with Crippen molar-refractivity contribution < 1.29 is 4.42 Å². The van der Waals surface area contributed by atoms with Crippen molar-refractivity contribution in [3.8, 4) is 39.1 Å². The minimum Gasteiger partial charge on any atom is -0.456 e. The van der Waals surface area contributed by atoms with Gasteiger partial charge in [0, 0.05) is 32.6 Å². The lowest BCUT2D eigenvalue weighted by atomic mass is 9.81. The van der Waals surface area contributed by atoms with Crippen LogP contribution in [0.15, 0.2) is 156 Å². The summed E-state index contributed by atoms with van der Waals surface area (Å²) in [6, 6.07) is 55.3. The number of aromatic nitrogens is 1. The van der Waals surface area contributed by atoms with E-state index in [1.807, 2.05) is 12.1 Å². The van der Waals surface area contributed by atoms with Crippen LogP contribution in [-0.4, -0.2) is 4.57 Å². The first kappa shape index (κ1) is 26.4. The van der Waals surface area contributed by atoms with Crippen LogP contribution in [0.4, 0.5) is 0 Å². The molecule has 0 spiro atoms. The Labute approximate surface area is 273 Å². The summed E-state index contributed by atoms with van der Waals surface area (Å²) in [6.45, 7) is 4.69. The van der Waals surface area contributed by atoms with Crippen LogP contribution >= 0.6 is 0 Å². The van der Waals surface area contributed by atoms with Crippen molar-refractivity contribution >= 4 is 43.7 Å². The van der Waals surface area contributed by atoms with E-state index in [0.717, 1.165) is 27.6 Å². The summed E-state index contributed by atoms with van der Waals surface area (Å²) in [6.07, 6.45) is 0. The number of hydrogen-bond acceptors (Lipinski definition) is 1. The first-order valence-corrected chi connectivity index (χ1v) is 16.3. The molecule has 0 bridgehead atoms. The summed E-state index contributed by atoms with van der Waals surface area (Å²) in [4.78, 5) is 0. The number of nitrogens with zero attached hydrogens (tertiary/aromatic N) is 1. The van der Waals surface area contributed by atoms with Crippen LogP contribution in [0.1, 0.15) is 25.0 Å². The smallest absolute Gasteiger partial charge is 0.135 e. The maximum Gasteiger partial charge on any atom is 0.135 e. The zero-order chi connectivity index (χ0) is 31.3. The molecule has 9 aromatic rings. The van der Waals surface area contributed by atoms with Crippen molar-refractivity contribution in [1.29, 1.82) is 0 Å². The standard InChI is InChI=1S/C45H31NO/c1-45(2)39-15-6-3-12-33(39)34-21-18-30(25-40(34)45)28-10-9-11-29(24-28)31-19-22-36-35-13-4-7-16-41(35)46(42(36)26-31)32-20-23-44-38(27-32)37-14-5-8-17-43(37)47-44/h3-27H,1-2H3. The molecule has 0 saturated heterocycles. The van der Waals surface area contributed by atoms with E-state index in [-0.39, 0.29) is 5.41 Å². The lowest BCUT2D eigenvalue weighted by Crippen LogP contribution is -2.14. The third kappa shape index (κ3) is 3.79. The van der Waals surface area contributed by atoms with Crippen LogP contribution in [0.3, 0.4) is 0 Å². The first-order chi connectivity index (χ1) is 23.0. The molecular weight excluding hydrogens is 571 g/mol. The van der Waals surface area contributed by atoms with E-state index in [1.54, 1.807) is 0 Å². The molecule has 7 aromatic carbocycles. The average Bonchev–Trinajstić information content (AvgIpc) is 3.73. The van der Waals surface area contributed by atoms with Gasteiger partial charge in [-0.25, -0.2) is 0 Å². The van der Waals surface area contributed by atoms with E-state index >= 15 is 0 Å². The van der Waals surface area contributed by atoms with Gasteiger partial charge in [0.15, 0.2) is 0 Å². The van der Waals surface area contributed by atoms with Crippen LogP contribution in [-0.2, 0) is 5.41 Å². The molecule has 0 unspecified atom stereocenters. The Morgan fingerprint density at radius 2 is 1.09 bits per heavy atom. The van der Waals surface area contributed by atoms with Crippen molar-refractivity contribution in [1.82, 2.24) is 4.57 Å². The van der Waals surface area contributed by atoms with Gasteiger partial charge in [-0.15, -0.1) is 0 Å². The number of furan rings is 1. The van der Waals surface area contributed by atoms with Gasteiger partial charge in [-0.3, -0.25) is 0 Å². The van der Waals surface area contributed by atoms with E-state index < -0.39 is 0 Å². The van der Waals surface area contributed by atoms with Gasteiger partial charge < -0.3 is 8.98 Å². The molecule has 0 N–H and O–H groups in total. The zero-order valence-electron chi connectivity index (χ0n) is 26.3. The monoisotopic (exact) mass is 601 g/mol. The summed E-state index contributed by atoms with van der Waals surface area (Å²) in [5.41, 5.74) is 15.7. The van der Waals surface area contributed by atoms with E-state index in [0.29, 0.717) is 0 Å². The summed E-state index contributed by atoms with van der Waals surface area (Å²) in [7, 11) is 0. The fourth-order valence-corrected chi connectivity index (χ4v) is 8.04. The molecule has 1 aliphatic carbocycles. The normalized spacial score (nSPS) is 13.5. The SMILES string of the molecule is CC1(C)c2ccccc2-c2ccc(-c3cccc(-c4ccc5c6ccccc6n(-c6ccc7oc8ccccc8c7c6)c5c4)c3)cc21. The highest BCUT2D eigenvalue weighted by Crippen LogP contribution is 2.49. The lowest BCUT2D eigenvalue weighted by molar-refractivity contribution is 0.660. The van der Waals surface area contributed by atoms with Crippen molar-refractivity contribution in [2.24, 2.45) is 0 Å². The predicted molar refractivity (Wildman–Crippen MR) is 196 cm³/mol. The van der Waals surface area contributed by atoms with Gasteiger partial charge in [0.05, 0.1) is 11.0 Å². The van der Waals surface area contributed by atoms with Crippen LogP contribution in [0.5, 0.6) is 0 Å². The fourth-order valence-electron chi connectivity index (χ4n) is 8.04. The average molecular weight is 602 g/mol. The number of para-hydroxylation sites is 2. The molecule has 47 heavy (non-hydrogen) atoms. The van der Waals surface area contributed by atoms with Gasteiger partial charge in [-0.05, 0) is 93.0 Å². The fraction of sp³-hybridized carbons (Fsp3) is 0.0667. The van der Waals surface area contributed by atoms with Gasteiger partial charge in [0.25, 0.3) is 0 Å². The van der Waals surface area contributed by atoms with Crippen LogP contribution in [0.25, 0.3) is 82.8 Å². The summed E-state index contributed by atoms with van der Waals surface area (Å²) < 4.78 is 8.57. The second-order valence-electron chi connectivity index (χ2n) is 13.4. The Morgan fingerprint density at radius 1 is 0.426 bits per heavy atom. The zero-order valence-corrected chi connectivity index (χ0v) is 26.3. The van der Waals surface area contributed by atoms with Gasteiger partial charge in [-0.1, -0.05) is 117 Å². The molecule has 222 valence electrons. The first-order valence-electron chi connectivity index (χ1n) is 16.3. The lowest BCUT2D eigenvalue weighted by Gasteiger charge is -2.22. The van der Waals surface area contributed by atoms with E-state index in [1.165, 1.54) is 66.3 Å². The molecular formula is C45H31NO. The van der Waals surface area contributed by atoms with E-state index in [9.17, 15) is 0 Å². The summed E-state index contributed by atoms with van der Waals surface area (Å²) in [5, 5.41) is 4.77. The Balaban J connectivity index is 1.12.